The van der Waals surface area contributed by atoms with Crippen molar-refractivity contribution in [1.82, 2.24) is 4.90 Å². The minimum Gasteiger partial charge on any atom is -0.444 e. The number of likely N-dealkylation sites (tertiary alicyclic amines) is 1. The fourth-order valence-electron chi connectivity index (χ4n) is 2.77. The summed E-state index contributed by atoms with van der Waals surface area (Å²) in [6.07, 6.45) is 2.96. The quantitative estimate of drug-likeness (QED) is 0.652. The van der Waals surface area contributed by atoms with Crippen molar-refractivity contribution in [3.63, 3.8) is 0 Å². The van der Waals surface area contributed by atoms with E-state index in [0.29, 0.717) is 25.2 Å². The van der Waals surface area contributed by atoms with Gasteiger partial charge in [0.05, 0.1) is 0 Å². The molecule has 17 heavy (non-hydrogen) atoms. The van der Waals surface area contributed by atoms with Crippen molar-refractivity contribution in [3.8, 4) is 0 Å². The van der Waals surface area contributed by atoms with E-state index in [-0.39, 0.29) is 11.5 Å². The number of rotatable bonds is 0. The van der Waals surface area contributed by atoms with Gasteiger partial charge in [-0.15, -0.1) is 0 Å². The van der Waals surface area contributed by atoms with E-state index >= 15 is 0 Å². The Morgan fingerprint density at radius 1 is 1.35 bits per heavy atom. The van der Waals surface area contributed by atoms with Gasteiger partial charge in [0.1, 0.15) is 11.4 Å². The molecule has 4 heteroatoms. The molecule has 0 aromatic heterocycles. The van der Waals surface area contributed by atoms with Gasteiger partial charge >= 0.3 is 6.09 Å². The summed E-state index contributed by atoms with van der Waals surface area (Å²) in [5, 5.41) is 0. The molecule has 0 aromatic rings. The maximum Gasteiger partial charge on any atom is 0.410 e. The number of carbonyl (C=O) groups is 2. The normalized spacial score (nSPS) is 29.1. The molecular weight excluding hydrogens is 218 g/mol. The van der Waals surface area contributed by atoms with Gasteiger partial charge in [0, 0.05) is 25.9 Å². The maximum absolute atomic E-state index is 11.9. The molecule has 2 aliphatic rings. The van der Waals surface area contributed by atoms with Crippen LogP contribution < -0.4 is 0 Å². The molecular formula is C13H21NO3. The Balaban J connectivity index is 1.94. The molecule has 2 fully saturated rings. The van der Waals surface area contributed by atoms with Crippen LogP contribution in [0.4, 0.5) is 4.79 Å². The number of amides is 1. The second kappa shape index (κ2) is 4.00. The van der Waals surface area contributed by atoms with Crippen molar-refractivity contribution in [3.05, 3.63) is 0 Å². The number of nitrogens with zero attached hydrogens (tertiary/aromatic N) is 1. The van der Waals surface area contributed by atoms with Gasteiger partial charge in [0.25, 0.3) is 0 Å². The standard InChI is InChI=1S/C13H21NO3/c1-12(2,3)17-11(16)14-7-6-13(9-14)5-4-10(15)8-13/h4-9H2,1-3H3. The first-order chi connectivity index (χ1) is 7.80. The highest BCUT2D eigenvalue weighted by atomic mass is 16.6. The smallest absolute Gasteiger partial charge is 0.410 e. The van der Waals surface area contributed by atoms with E-state index in [1.807, 2.05) is 20.8 Å². The summed E-state index contributed by atoms with van der Waals surface area (Å²) in [6.45, 7) is 7.03. The lowest BCUT2D eigenvalue weighted by Crippen LogP contribution is -2.36. The van der Waals surface area contributed by atoms with Crippen LogP contribution in [0.5, 0.6) is 0 Å². The minimum atomic E-state index is -0.446. The van der Waals surface area contributed by atoms with Crippen molar-refractivity contribution in [2.75, 3.05) is 13.1 Å². The minimum absolute atomic E-state index is 0.0635. The Morgan fingerprint density at radius 3 is 2.59 bits per heavy atom. The van der Waals surface area contributed by atoms with Crippen LogP contribution in [0.2, 0.25) is 0 Å². The van der Waals surface area contributed by atoms with E-state index in [9.17, 15) is 9.59 Å². The molecule has 0 radical (unpaired) electrons. The summed E-state index contributed by atoms with van der Waals surface area (Å²) in [5.74, 6) is 0.344. The Kier molecular flexibility index (Phi) is 2.92. The molecule has 2 rings (SSSR count). The average Bonchev–Trinajstić information content (AvgIpc) is 2.72. The second-order valence-electron chi connectivity index (χ2n) is 6.37. The Morgan fingerprint density at radius 2 is 2.06 bits per heavy atom. The third-order valence-corrected chi connectivity index (χ3v) is 3.60. The van der Waals surface area contributed by atoms with Crippen LogP contribution in [0, 0.1) is 5.41 Å². The molecule has 1 atom stereocenters. The van der Waals surface area contributed by atoms with Crippen LogP contribution in [0.15, 0.2) is 0 Å². The van der Waals surface area contributed by atoms with Gasteiger partial charge in [-0.25, -0.2) is 4.79 Å². The summed E-state index contributed by atoms with van der Waals surface area (Å²) < 4.78 is 5.35. The third-order valence-electron chi connectivity index (χ3n) is 3.60. The highest BCUT2D eigenvalue weighted by Gasteiger charge is 2.45. The topological polar surface area (TPSA) is 46.6 Å². The molecule has 4 nitrogen and oxygen atoms in total. The molecule has 1 spiro atoms. The summed E-state index contributed by atoms with van der Waals surface area (Å²) in [7, 11) is 0. The highest BCUT2D eigenvalue weighted by molar-refractivity contribution is 5.82. The zero-order chi connectivity index (χ0) is 12.7. The lowest BCUT2D eigenvalue weighted by atomic mass is 9.86. The van der Waals surface area contributed by atoms with E-state index in [2.05, 4.69) is 0 Å². The lowest BCUT2D eigenvalue weighted by Gasteiger charge is -2.26. The van der Waals surface area contributed by atoms with Crippen molar-refractivity contribution >= 4 is 11.9 Å². The fourth-order valence-corrected chi connectivity index (χ4v) is 2.77. The Hall–Kier alpha value is -1.06. The summed E-state index contributed by atoms with van der Waals surface area (Å²) in [4.78, 5) is 25.0. The third kappa shape index (κ3) is 2.79. The van der Waals surface area contributed by atoms with Crippen molar-refractivity contribution < 1.29 is 14.3 Å². The molecule has 1 aliphatic heterocycles. The van der Waals surface area contributed by atoms with Gasteiger partial charge in [-0.05, 0) is 39.0 Å². The van der Waals surface area contributed by atoms with Crippen molar-refractivity contribution in [2.24, 2.45) is 5.41 Å². The zero-order valence-electron chi connectivity index (χ0n) is 10.9. The van der Waals surface area contributed by atoms with Crippen molar-refractivity contribution in [2.45, 2.75) is 52.1 Å². The SMILES string of the molecule is CC(C)(C)OC(=O)N1CCC2(CCC(=O)C2)C1. The van der Waals surface area contributed by atoms with Gasteiger partial charge in [0.15, 0.2) is 0 Å². The van der Waals surface area contributed by atoms with Gasteiger partial charge in [-0.3, -0.25) is 4.79 Å². The summed E-state index contributed by atoms with van der Waals surface area (Å²) in [6, 6.07) is 0. The lowest BCUT2D eigenvalue weighted by molar-refractivity contribution is -0.118. The first-order valence-corrected chi connectivity index (χ1v) is 6.29. The van der Waals surface area contributed by atoms with Crippen molar-refractivity contribution in [1.29, 1.82) is 0 Å². The first kappa shape index (κ1) is 12.4. The fraction of sp³-hybridized carbons (Fsp3) is 0.846. The van der Waals surface area contributed by atoms with Gasteiger partial charge in [-0.1, -0.05) is 0 Å². The maximum atomic E-state index is 11.9. The van der Waals surface area contributed by atoms with E-state index in [0.717, 1.165) is 19.4 Å². The van der Waals surface area contributed by atoms with E-state index in [1.54, 1.807) is 4.90 Å². The number of carbonyl (C=O) groups excluding carboxylic acids is 2. The molecule has 1 heterocycles. The van der Waals surface area contributed by atoms with E-state index < -0.39 is 5.60 Å². The number of ketones is 1. The van der Waals surface area contributed by atoms with Crippen LogP contribution in [-0.2, 0) is 9.53 Å². The van der Waals surface area contributed by atoms with Crippen LogP contribution >= 0.6 is 0 Å². The highest BCUT2D eigenvalue weighted by Crippen LogP contribution is 2.43. The average molecular weight is 239 g/mol. The predicted molar refractivity (Wildman–Crippen MR) is 63.7 cm³/mol. The molecule has 96 valence electrons. The predicted octanol–water partition coefficient (Wildman–Crippen LogP) is 2.37. The van der Waals surface area contributed by atoms with Gasteiger partial charge < -0.3 is 9.64 Å². The number of Topliss-reactive ketones (excluding diaryl/α,β-unsaturated/α-hetero) is 1. The second-order valence-corrected chi connectivity index (χ2v) is 6.37. The van der Waals surface area contributed by atoms with E-state index in [4.69, 9.17) is 4.74 Å². The van der Waals surface area contributed by atoms with Crippen LogP contribution in [-0.4, -0.2) is 35.5 Å². The Bertz CT molecular complexity index is 345. The molecule has 1 saturated heterocycles. The van der Waals surface area contributed by atoms with Crippen LogP contribution in [0.3, 0.4) is 0 Å². The molecule has 0 aromatic carbocycles. The summed E-state index contributed by atoms with van der Waals surface area (Å²) >= 11 is 0. The van der Waals surface area contributed by atoms with E-state index in [1.165, 1.54) is 0 Å². The number of ether oxygens (including phenoxy) is 1. The number of hydrogen-bond donors (Lipinski definition) is 0. The largest absolute Gasteiger partial charge is 0.444 e. The van der Waals surface area contributed by atoms with Gasteiger partial charge in [0.2, 0.25) is 0 Å². The van der Waals surface area contributed by atoms with Crippen LogP contribution in [0.1, 0.15) is 46.5 Å². The first-order valence-electron chi connectivity index (χ1n) is 6.29. The number of hydrogen-bond acceptors (Lipinski definition) is 3. The zero-order valence-corrected chi connectivity index (χ0v) is 10.9. The summed E-state index contributed by atoms with van der Waals surface area (Å²) in [5.41, 5.74) is -0.383. The molecule has 0 N–H and O–H groups in total. The Labute approximate surface area is 102 Å². The van der Waals surface area contributed by atoms with Gasteiger partial charge in [-0.2, -0.15) is 0 Å². The molecule has 1 amide bonds. The molecule has 1 aliphatic carbocycles. The molecule has 1 unspecified atom stereocenters. The van der Waals surface area contributed by atoms with Crippen LogP contribution in [0.25, 0.3) is 0 Å². The monoisotopic (exact) mass is 239 g/mol. The molecule has 0 bridgehead atoms. The molecule has 1 saturated carbocycles.